The number of amides is 1. The van der Waals surface area contributed by atoms with Crippen molar-refractivity contribution in [2.24, 2.45) is 0 Å². The fourth-order valence-corrected chi connectivity index (χ4v) is 3.52. The third kappa shape index (κ3) is 6.25. The molecule has 0 saturated heterocycles. The smallest absolute Gasteiger partial charge is 0.382 e. The van der Waals surface area contributed by atoms with Crippen molar-refractivity contribution in [3.8, 4) is 0 Å². The number of halogens is 7. The number of nitrogens with one attached hydrogen (secondary N) is 2. The van der Waals surface area contributed by atoms with Gasteiger partial charge in [-0.15, -0.1) is 0 Å². The molecule has 31 heavy (non-hydrogen) atoms. The van der Waals surface area contributed by atoms with Crippen molar-refractivity contribution < 1.29 is 31.1 Å². The van der Waals surface area contributed by atoms with Crippen LogP contribution in [0.1, 0.15) is 47.4 Å². The van der Waals surface area contributed by atoms with Crippen molar-refractivity contribution in [1.29, 1.82) is 0 Å². The van der Waals surface area contributed by atoms with Gasteiger partial charge in [-0.25, -0.2) is 4.98 Å². The van der Waals surface area contributed by atoms with Crippen molar-refractivity contribution in [1.82, 2.24) is 10.3 Å². The summed E-state index contributed by atoms with van der Waals surface area (Å²) in [5.41, 5.74) is -3.05. The molecule has 0 spiro atoms. The number of alkyl halides is 6. The maximum absolute atomic E-state index is 12.9. The van der Waals surface area contributed by atoms with Crippen LogP contribution in [-0.4, -0.2) is 23.0 Å². The van der Waals surface area contributed by atoms with Gasteiger partial charge in [-0.1, -0.05) is 11.6 Å². The van der Waals surface area contributed by atoms with E-state index in [1.54, 1.807) is 24.3 Å². The molecule has 1 aliphatic rings. The van der Waals surface area contributed by atoms with Crippen LogP contribution < -0.4 is 10.6 Å². The van der Waals surface area contributed by atoms with E-state index in [-0.39, 0.29) is 23.7 Å². The second-order valence-electron chi connectivity index (χ2n) is 7.30. The zero-order valence-corrected chi connectivity index (χ0v) is 16.7. The number of anilines is 1. The Labute approximate surface area is 179 Å². The van der Waals surface area contributed by atoms with Crippen LogP contribution in [0.2, 0.25) is 5.02 Å². The Morgan fingerprint density at radius 1 is 0.871 bits per heavy atom. The molecule has 1 heterocycles. The van der Waals surface area contributed by atoms with Crippen molar-refractivity contribution >= 4 is 23.2 Å². The second kappa shape index (κ2) is 8.94. The van der Waals surface area contributed by atoms with Gasteiger partial charge in [0.1, 0.15) is 11.4 Å². The van der Waals surface area contributed by atoms with Gasteiger partial charge in [0.25, 0.3) is 5.91 Å². The number of pyridine rings is 1. The maximum atomic E-state index is 12.9. The Morgan fingerprint density at radius 3 is 1.84 bits per heavy atom. The molecule has 1 amide bonds. The van der Waals surface area contributed by atoms with Crippen molar-refractivity contribution in [3.05, 3.63) is 58.4 Å². The van der Waals surface area contributed by atoms with Crippen LogP contribution in [0.4, 0.5) is 32.0 Å². The van der Waals surface area contributed by atoms with Crippen LogP contribution in [0.25, 0.3) is 0 Å². The summed E-state index contributed by atoms with van der Waals surface area (Å²) < 4.78 is 77.7. The standard InChI is InChI=1S/C20H18ClF6N3O/c21-12-3-1-11(2-4-12)18(31)29-14-7-5-13(6-8-14)28-15-9-16(19(22,23)24)30-17(10-15)20(25,26)27/h1-4,9-10,13-14H,5-8H2,(H,28,30)(H,29,31)/t13-,14+. The van der Waals surface area contributed by atoms with Gasteiger partial charge in [0.2, 0.25) is 0 Å². The molecule has 1 aromatic carbocycles. The minimum Gasteiger partial charge on any atom is -0.382 e. The average molecular weight is 466 g/mol. The number of benzene rings is 1. The lowest BCUT2D eigenvalue weighted by atomic mass is 9.90. The molecule has 11 heteroatoms. The number of nitrogens with zero attached hydrogens (tertiary/aromatic N) is 1. The van der Waals surface area contributed by atoms with Gasteiger partial charge in [-0.2, -0.15) is 26.3 Å². The fraction of sp³-hybridized carbons (Fsp3) is 0.400. The maximum Gasteiger partial charge on any atom is 0.433 e. The van der Waals surface area contributed by atoms with Crippen molar-refractivity contribution in [2.75, 3.05) is 5.32 Å². The second-order valence-corrected chi connectivity index (χ2v) is 7.73. The first-order valence-corrected chi connectivity index (χ1v) is 9.79. The number of rotatable bonds is 4. The summed E-state index contributed by atoms with van der Waals surface area (Å²) in [6.07, 6.45) is -8.00. The monoisotopic (exact) mass is 465 g/mol. The van der Waals surface area contributed by atoms with Crippen LogP contribution in [0.15, 0.2) is 36.4 Å². The number of hydrogen-bond acceptors (Lipinski definition) is 3. The van der Waals surface area contributed by atoms with E-state index in [1.807, 2.05) is 0 Å². The van der Waals surface area contributed by atoms with E-state index in [9.17, 15) is 31.1 Å². The van der Waals surface area contributed by atoms with Crippen molar-refractivity contribution in [3.63, 3.8) is 0 Å². The summed E-state index contributed by atoms with van der Waals surface area (Å²) in [5, 5.41) is 6.13. The first kappa shape index (κ1) is 23.2. The lowest BCUT2D eigenvalue weighted by Gasteiger charge is -2.30. The predicted molar refractivity (Wildman–Crippen MR) is 103 cm³/mol. The molecule has 0 radical (unpaired) electrons. The molecule has 2 aromatic rings. The van der Waals surface area contributed by atoms with E-state index < -0.39 is 23.7 Å². The van der Waals surface area contributed by atoms with Gasteiger partial charge < -0.3 is 10.6 Å². The molecule has 1 fully saturated rings. The average Bonchev–Trinajstić information content (AvgIpc) is 2.68. The first-order chi connectivity index (χ1) is 14.4. The van der Waals surface area contributed by atoms with E-state index in [4.69, 9.17) is 11.6 Å². The van der Waals surface area contributed by atoms with Gasteiger partial charge in [-0.3, -0.25) is 4.79 Å². The lowest BCUT2D eigenvalue weighted by molar-refractivity contribution is -0.150. The van der Waals surface area contributed by atoms with Gasteiger partial charge in [0.05, 0.1) is 0 Å². The Kier molecular flexibility index (Phi) is 6.68. The molecule has 0 atom stereocenters. The molecule has 3 rings (SSSR count). The van der Waals surface area contributed by atoms with E-state index in [0.717, 1.165) is 0 Å². The van der Waals surface area contributed by atoms with E-state index >= 15 is 0 Å². The summed E-state index contributed by atoms with van der Waals surface area (Å²) in [6.45, 7) is 0. The molecule has 1 saturated carbocycles. The third-order valence-corrected chi connectivity index (χ3v) is 5.20. The molecule has 4 nitrogen and oxygen atoms in total. The fourth-order valence-electron chi connectivity index (χ4n) is 3.39. The quantitative estimate of drug-likeness (QED) is 0.551. The zero-order valence-electron chi connectivity index (χ0n) is 15.9. The SMILES string of the molecule is O=C(N[C@H]1CC[C@@H](Nc2cc(C(F)(F)F)nc(C(F)(F)F)c2)CC1)c1ccc(Cl)cc1. The summed E-state index contributed by atoms with van der Waals surface area (Å²) in [5.74, 6) is -0.271. The highest BCUT2D eigenvalue weighted by atomic mass is 35.5. The van der Waals surface area contributed by atoms with Gasteiger partial charge >= 0.3 is 12.4 Å². The number of aromatic nitrogens is 1. The minimum atomic E-state index is -5.00. The van der Waals surface area contributed by atoms with Crippen molar-refractivity contribution in [2.45, 2.75) is 50.1 Å². The predicted octanol–water partition coefficient (Wildman–Crippen LogP) is 5.93. The summed E-state index contributed by atoms with van der Waals surface area (Å²) >= 11 is 5.79. The highest BCUT2D eigenvalue weighted by molar-refractivity contribution is 6.30. The Bertz CT molecular complexity index is 890. The highest BCUT2D eigenvalue weighted by Crippen LogP contribution is 2.35. The van der Waals surface area contributed by atoms with E-state index in [1.165, 1.54) is 0 Å². The van der Waals surface area contributed by atoms with Gasteiger partial charge in [-0.05, 0) is 62.1 Å². The number of carbonyl (C=O) groups excluding carboxylic acids is 1. The molecule has 2 N–H and O–H groups in total. The summed E-state index contributed by atoms with van der Waals surface area (Å²) in [4.78, 5) is 15.0. The van der Waals surface area contributed by atoms with Crippen LogP contribution >= 0.6 is 11.6 Å². The third-order valence-electron chi connectivity index (χ3n) is 4.95. The molecule has 0 bridgehead atoms. The number of hydrogen-bond donors (Lipinski definition) is 2. The van der Waals surface area contributed by atoms with Crippen LogP contribution in [0.3, 0.4) is 0 Å². The molecule has 0 unspecified atom stereocenters. The Balaban J connectivity index is 1.61. The van der Waals surface area contributed by atoms with E-state index in [0.29, 0.717) is 48.4 Å². The molecule has 1 aromatic heterocycles. The summed E-state index contributed by atoms with van der Waals surface area (Å²) in [6, 6.07) is 7.04. The topological polar surface area (TPSA) is 54.0 Å². The molecular weight excluding hydrogens is 448 g/mol. The van der Waals surface area contributed by atoms with Crippen LogP contribution in [0, 0.1) is 0 Å². The minimum absolute atomic E-state index is 0.143. The van der Waals surface area contributed by atoms with Gasteiger partial charge in [0, 0.05) is 28.4 Å². The largest absolute Gasteiger partial charge is 0.433 e. The van der Waals surface area contributed by atoms with Gasteiger partial charge in [0.15, 0.2) is 0 Å². The van der Waals surface area contributed by atoms with E-state index in [2.05, 4.69) is 15.6 Å². The normalized spacial score (nSPS) is 19.7. The Morgan fingerprint density at radius 2 is 1.35 bits per heavy atom. The highest BCUT2D eigenvalue weighted by Gasteiger charge is 2.39. The first-order valence-electron chi connectivity index (χ1n) is 9.41. The van der Waals surface area contributed by atoms with Crippen LogP contribution in [0.5, 0.6) is 0 Å². The summed E-state index contributed by atoms with van der Waals surface area (Å²) in [7, 11) is 0. The molecule has 1 aliphatic carbocycles. The number of carbonyl (C=O) groups is 1. The zero-order chi connectivity index (χ0) is 22.8. The molecule has 168 valence electrons. The lowest BCUT2D eigenvalue weighted by Crippen LogP contribution is -2.40. The molecular formula is C20H18ClF6N3O. The molecule has 0 aliphatic heterocycles. The van der Waals surface area contributed by atoms with Crippen LogP contribution in [-0.2, 0) is 12.4 Å². The Hall–Kier alpha value is -2.49.